The molecule has 0 saturated carbocycles. The van der Waals surface area contributed by atoms with E-state index in [1.165, 1.54) is 6.07 Å². The normalized spacial score (nSPS) is 11.5. The molecule has 2 heterocycles. The number of anilines is 1. The Bertz CT molecular complexity index is 1200. The minimum absolute atomic E-state index is 0.186. The van der Waals surface area contributed by atoms with E-state index in [4.69, 9.17) is 9.97 Å². The standard InChI is InChI=1S/C25H26FN5/c1-3-9-21-23-24(31(2)30-21)25(27-17-16-19-12-7-8-13-20(19)26)29-22(28-23)15-14-18-10-5-4-6-11-18/h4-8,10-15H,3,9,16-17H2,1-2H3,(H,27,28,29)/b15-14+. The Labute approximate surface area is 181 Å². The molecule has 0 fully saturated rings. The third kappa shape index (κ3) is 4.79. The highest BCUT2D eigenvalue weighted by molar-refractivity contribution is 5.89. The molecule has 4 rings (SSSR count). The number of fused-ring (bicyclic) bond motifs is 1. The lowest BCUT2D eigenvalue weighted by Gasteiger charge is -2.09. The highest BCUT2D eigenvalue weighted by Gasteiger charge is 2.16. The summed E-state index contributed by atoms with van der Waals surface area (Å²) >= 11 is 0. The van der Waals surface area contributed by atoms with Gasteiger partial charge in [0.1, 0.15) is 16.9 Å². The molecule has 0 spiro atoms. The molecule has 31 heavy (non-hydrogen) atoms. The molecule has 0 radical (unpaired) electrons. The highest BCUT2D eigenvalue weighted by Crippen LogP contribution is 2.24. The molecule has 6 heteroatoms. The summed E-state index contributed by atoms with van der Waals surface area (Å²) in [6.45, 7) is 2.69. The van der Waals surface area contributed by atoms with E-state index in [9.17, 15) is 4.39 Å². The van der Waals surface area contributed by atoms with E-state index in [0.717, 1.165) is 35.1 Å². The van der Waals surface area contributed by atoms with Crippen molar-refractivity contribution in [3.05, 3.63) is 83.1 Å². The van der Waals surface area contributed by atoms with Crippen molar-refractivity contribution < 1.29 is 4.39 Å². The summed E-state index contributed by atoms with van der Waals surface area (Å²) in [4.78, 5) is 9.53. The van der Waals surface area contributed by atoms with Gasteiger partial charge in [-0.2, -0.15) is 5.10 Å². The zero-order valence-electron chi connectivity index (χ0n) is 17.8. The molecular weight excluding hydrogens is 389 g/mol. The van der Waals surface area contributed by atoms with Gasteiger partial charge in [0.25, 0.3) is 0 Å². The third-order valence-electron chi connectivity index (χ3n) is 5.12. The molecule has 0 aliphatic carbocycles. The van der Waals surface area contributed by atoms with Crippen molar-refractivity contribution in [1.82, 2.24) is 19.7 Å². The van der Waals surface area contributed by atoms with E-state index < -0.39 is 0 Å². The van der Waals surface area contributed by atoms with Crippen molar-refractivity contribution in [3.63, 3.8) is 0 Å². The Morgan fingerprint density at radius 3 is 2.52 bits per heavy atom. The summed E-state index contributed by atoms with van der Waals surface area (Å²) < 4.78 is 15.8. The smallest absolute Gasteiger partial charge is 0.156 e. The molecule has 2 aromatic carbocycles. The zero-order chi connectivity index (χ0) is 21.6. The SMILES string of the molecule is CCCc1nn(C)c2c(NCCc3ccccc3F)nc(/C=C/c3ccccc3)nc12. The van der Waals surface area contributed by atoms with E-state index in [0.29, 0.717) is 30.2 Å². The molecule has 0 bridgehead atoms. The van der Waals surface area contributed by atoms with Gasteiger partial charge in [0, 0.05) is 13.6 Å². The van der Waals surface area contributed by atoms with Gasteiger partial charge in [-0.25, -0.2) is 14.4 Å². The number of benzene rings is 2. The summed E-state index contributed by atoms with van der Waals surface area (Å²) in [5.41, 5.74) is 4.46. The van der Waals surface area contributed by atoms with E-state index in [1.54, 1.807) is 6.07 Å². The Morgan fingerprint density at radius 1 is 0.968 bits per heavy atom. The molecular formula is C25H26FN5. The zero-order valence-corrected chi connectivity index (χ0v) is 17.8. The molecule has 0 aliphatic heterocycles. The van der Waals surface area contributed by atoms with Crippen LogP contribution in [0.1, 0.15) is 36.0 Å². The topological polar surface area (TPSA) is 55.6 Å². The Kier molecular flexibility index (Phi) is 6.36. The summed E-state index contributed by atoms with van der Waals surface area (Å²) in [5, 5.41) is 8.06. The van der Waals surface area contributed by atoms with Gasteiger partial charge in [-0.3, -0.25) is 4.68 Å². The monoisotopic (exact) mass is 415 g/mol. The number of halogens is 1. The number of nitrogens with zero attached hydrogens (tertiary/aromatic N) is 4. The second kappa shape index (κ2) is 9.51. The summed E-state index contributed by atoms with van der Waals surface area (Å²) in [6.07, 6.45) is 6.32. The fourth-order valence-electron chi connectivity index (χ4n) is 3.61. The molecule has 0 unspecified atom stereocenters. The first-order valence-corrected chi connectivity index (χ1v) is 10.6. The second-order valence-corrected chi connectivity index (χ2v) is 7.46. The van der Waals surface area contributed by atoms with Crippen LogP contribution >= 0.6 is 0 Å². The Morgan fingerprint density at radius 2 is 1.74 bits per heavy atom. The van der Waals surface area contributed by atoms with Crippen LogP contribution in [-0.2, 0) is 19.9 Å². The first-order valence-electron chi connectivity index (χ1n) is 10.6. The third-order valence-corrected chi connectivity index (χ3v) is 5.12. The van der Waals surface area contributed by atoms with Crippen LogP contribution in [0.4, 0.5) is 10.2 Å². The van der Waals surface area contributed by atoms with Crippen LogP contribution in [0.2, 0.25) is 0 Å². The molecule has 1 N–H and O–H groups in total. The van der Waals surface area contributed by atoms with E-state index >= 15 is 0 Å². The molecule has 0 amide bonds. The molecule has 0 aliphatic rings. The van der Waals surface area contributed by atoms with Gasteiger partial charge in [0.05, 0.1) is 5.69 Å². The lowest BCUT2D eigenvalue weighted by atomic mass is 10.1. The van der Waals surface area contributed by atoms with Gasteiger partial charge in [-0.05, 0) is 36.1 Å². The number of hydrogen-bond acceptors (Lipinski definition) is 4. The van der Waals surface area contributed by atoms with Crippen molar-refractivity contribution >= 4 is 29.0 Å². The molecule has 0 saturated heterocycles. The van der Waals surface area contributed by atoms with Gasteiger partial charge in [0.2, 0.25) is 0 Å². The van der Waals surface area contributed by atoms with Crippen LogP contribution < -0.4 is 5.32 Å². The maximum absolute atomic E-state index is 14.0. The van der Waals surface area contributed by atoms with Crippen molar-refractivity contribution in [3.8, 4) is 0 Å². The number of aromatic nitrogens is 4. The Balaban J connectivity index is 1.66. The molecule has 2 aromatic heterocycles. The summed E-state index contributed by atoms with van der Waals surface area (Å²) in [5.74, 6) is 1.15. The first kappa shape index (κ1) is 20.7. The van der Waals surface area contributed by atoms with Gasteiger partial charge < -0.3 is 5.32 Å². The number of rotatable bonds is 8. The minimum Gasteiger partial charge on any atom is -0.368 e. The van der Waals surface area contributed by atoms with Crippen LogP contribution in [0.5, 0.6) is 0 Å². The molecule has 5 nitrogen and oxygen atoms in total. The number of aryl methyl sites for hydroxylation is 2. The Hall–Kier alpha value is -3.54. The van der Waals surface area contributed by atoms with Crippen molar-refractivity contribution in [2.75, 3.05) is 11.9 Å². The van der Waals surface area contributed by atoms with Gasteiger partial charge >= 0.3 is 0 Å². The minimum atomic E-state index is -0.186. The van der Waals surface area contributed by atoms with E-state index in [-0.39, 0.29) is 5.82 Å². The summed E-state index contributed by atoms with van der Waals surface area (Å²) in [7, 11) is 1.91. The van der Waals surface area contributed by atoms with Crippen molar-refractivity contribution in [2.45, 2.75) is 26.2 Å². The summed E-state index contributed by atoms with van der Waals surface area (Å²) in [6, 6.07) is 16.9. The quantitative estimate of drug-likeness (QED) is 0.425. The highest BCUT2D eigenvalue weighted by atomic mass is 19.1. The lowest BCUT2D eigenvalue weighted by molar-refractivity contribution is 0.610. The maximum Gasteiger partial charge on any atom is 0.156 e. The van der Waals surface area contributed by atoms with Crippen molar-refractivity contribution in [1.29, 1.82) is 0 Å². The largest absolute Gasteiger partial charge is 0.368 e. The van der Waals surface area contributed by atoms with Crippen molar-refractivity contribution in [2.24, 2.45) is 7.05 Å². The van der Waals surface area contributed by atoms with Crippen LogP contribution in [0, 0.1) is 5.82 Å². The van der Waals surface area contributed by atoms with Crippen LogP contribution in [0.15, 0.2) is 54.6 Å². The van der Waals surface area contributed by atoms with Gasteiger partial charge in [-0.1, -0.05) is 68.0 Å². The number of nitrogens with one attached hydrogen (secondary N) is 1. The second-order valence-electron chi connectivity index (χ2n) is 7.46. The van der Waals surface area contributed by atoms with Gasteiger partial charge in [-0.15, -0.1) is 0 Å². The maximum atomic E-state index is 14.0. The van der Waals surface area contributed by atoms with E-state index in [2.05, 4.69) is 17.3 Å². The predicted molar refractivity (Wildman–Crippen MR) is 124 cm³/mol. The van der Waals surface area contributed by atoms with Crippen LogP contribution in [0.25, 0.3) is 23.2 Å². The fraction of sp³-hybridized carbons (Fsp3) is 0.240. The molecule has 4 aromatic rings. The van der Waals surface area contributed by atoms with Gasteiger partial charge in [0.15, 0.2) is 11.6 Å². The average molecular weight is 416 g/mol. The number of hydrogen-bond donors (Lipinski definition) is 1. The molecule has 158 valence electrons. The fourth-order valence-corrected chi connectivity index (χ4v) is 3.61. The van der Waals surface area contributed by atoms with Crippen LogP contribution in [-0.4, -0.2) is 26.3 Å². The lowest BCUT2D eigenvalue weighted by Crippen LogP contribution is -2.10. The van der Waals surface area contributed by atoms with E-state index in [1.807, 2.05) is 66.3 Å². The first-order chi connectivity index (χ1) is 15.2. The average Bonchev–Trinajstić information content (AvgIpc) is 3.10. The van der Waals surface area contributed by atoms with Crippen LogP contribution in [0.3, 0.4) is 0 Å². The molecule has 0 atom stereocenters. The predicted octanol–water partition coefficient (Wildman–Crippen LogP) is 5.28.